The molecule has 110 valence electrons. The first-order chi connectivity index (χ1) is 10.1. The van der Waals surface area contributed by atoms with Crippen LogP contribution in [0.1, 0.15) is 12.8 Å². The highest BCUT2D eigenvalue weighted by Crippen LogP contribution is 2.28. The second-order valence-electron chi connectivity index (χ2n) is 4.73. The Kier molecular flexibility index (Phi) is 3.87. The summed E-state index contributed by atoms with van der Waals surface area (Å²) in [4.78, 5) is 14.5. The van der Waals surface area contributed by atoms with E-state index in [9.17, 15) is 4.39 Å². The Morgan fingerprint density at radius 1 is 1.19 bits per heavy atom. The maximum atomic E-state index is 13.8. The van der Waals surface area contributed by atoms with Gasteiger partial charge >= 0.3 is 0 Å². The molecule has 6 nitrogen and oxygen atoms in total. The molecule has 1 aliphatic heterocycles. The van der Waals surface area contributed by atoms with Gasteiger partial charge in [0.05, 0.1) is 5.69 Å². The predicted molar refractivity (Wildman–Crippen MR) is 83.1 cm³/mol. The number of benzene rings is 1. The van der Waals surface area contributed by atoms with E-state index < -0.39 is 5.82 Å². The van der Waals surface area contributed by atoms with Gasteiger partial charge in [-0.15, -0.1) is 0 Å². The van der Waals surface area contributed by atoms with Crippen LogP contribution in [-0.2, 0) is 0 Å². The Morgan fingerprint density at radius 3 is 2.67 bits per heavy atom. The first-order valence-electron chi connectivity index (χ1n) is 6.61. The number of hydrogen-bond donors (Lipinski definition) is 2. The Balaban J connectivity index is 1.91. The van der Waals surface area contributed by atoms with E-state index in [1.807, 2.05) is 4.90 Å². The highest BCUT2D eigenvalue weighted by atomic mass is 79.9. The molecule has 3 N–H and O–H groups in total. The molecule has 0 amide bonds. The lowest BCUT2D eigenvalue weighted by Crippen LogP contribution is -2.22. The molecule has 8 heteroatoms. The van der Waals surface area contributed by atoms with Gasteiger partial charge in [0.15, 0.2) is 0 Å². The fraction of sp³-hybridized carbons (Fsp3) is 0.308. The minimum Gasteiger partial charge on any atom is -0.368 e. The van der Waals surface area contributed by atoms with Gasteiger partial charge < -0.3 is 16.0 Å². The largest absolute Gasteiger partial charge is 0.368 e. The van der Waals surface area contributed by atoms with Crippen molar-refractivity contribution in [2.24, 2.45) is 0 Å². The van der Waals surface area contributed by atoms with Crippen LogP contribution in [0.4, 0.5) is 27.9 Å². The highest BCUT2D eigenvalue weighted by molar-refractivity contribution is 9.10. The van der Waals surface area contributed by atoms with Gasteiger partial charge in [0.1, 0.15) is 5.82 Å². The van der Waals surface area contributed by atoms with Crippen molar-refractivity contribution in [2.75, 3.05) is 29.0 Å². The van der Waals surface area contributed by atoms with Crippen molar-refractivity contribution in [1.82, 2.24) is 15.0 Å². The molecule has 2 heterocycles. The summed E-state index contributed by atoms with van der Waals surface area (Å²) in [5.41, 5.74) is 6.00. The first kappa shape index (κ1) is 14.0. The smallest absolute Gasteiger partial charge is 0.233 e. The lowest BCUT2D eigenvalue weighted by Gasteiger charge is -2.16. The van der Waals surface area contributed by atoms with Gasteiger partial charge in [-0.2, -0.15) is 15.0 Å². The van der Waals surface area contributed by atoms with Crippen LogP contribution in [0.15, 0.2) is 22.7 Å². The summed E-state index contributed by atoms with van der Waals surface area (Å²) in [5.74, 6) is 0.470. The molecule has 1 aromatic carbocycles. The van der Waals surface area contributed by atoms with E-state index in [4.69, 9.17) is 5.73 Å². The Bertz CT molecular complexity index is 639. The SMILES string of the molecule is Nc1nc(Nc2c(F)cccc2Br)nc(N2CCCC2)n1. The van der Waals surface area contributed by atoms with Crippen molar-refractivity contribution in [3.63, 3.8) is 0 Å². The van der Waals surface area contributed by atoms with Gasteiger partial charge in [-0.25, -0.2) is 4.39 Å². The van der Waals surface area contributed by atoms with Crippen LogP contribution in [0.2, 0.25) is 0 Å². The summed E-state index contributed by atoms with van der Waals surface area (Å²) in [7, 11) is 0. The summed E-state index contributed by atoms with van der Waals surface area (Å²) < 4.78 is 14.4. The fourth-order valence-corrected chi connectivity index (χ4v) is 2.67. The van der Waals surface area contributed by atoms with Crippen LogP contribution >= 0.6 is 15.9 Å². The number of anilines is 4. The monoisotopic (exact) mass is 352 g/mol. The van der Waals surface area contributed by atoms with Crippen LogP contribution in [0, 0.1) is 5.82 Å². The summed E-state index contributed by atoms with van der Waals surface area (Å²) in [5, 5.41) is 2.85. The maximum Gasteiger partial charge on any atom is 0.233 e. The van der Waals surface area contributed by atoms with Gasteiger partial charge in [-0.05, 0) is 40.9 Å². The minimum atomic E-state index is -0.397. The summed E-state index contributed by atoms with van der Waals surface area (Å²) in [6.07, 6.45) is 2.21. The molecule has 1 saturated heterocycles. The molecule has 1 aliphatic rings. The van der Waals surface area contributed by atoms with Gasteiger partial charge in [-0.3, -0.25) is 0 Å². The number of nitrogen functional groups attached to an aromatic ring is 1. The Morgan fingerprint density at radius 2 is 1.95 bits per heavy atom. The maximum absolute atomic E-state index is 13.8. The molecule has 1 aromatic heterocycles. The van der Waals surface area contributed by atoms with E-state index in [1.54, 1.807) is 12.1 Å². The number of nitrogens with two attached hydrogens (primary N) is 1. The third-order valence-corrected chi connectivity index (χ3v) is 3.89. The molecule has 1 fully saturated rings. The van der Waals surface area contributed by atoms with Crippen LogP contribution in [0.5, 0.6) is 0 Å². The van der Waals surface area contributed by atoms with E-state index in [0.717, 1.165) is 25.9 Å². The molecular formula is C13H14BrFN6. The second-order valence-corrected chi connectivity index (χ2v) is 5.59. The summed E-state index contributed by atoms with van der Waals surface area (Å²) in [6.45, 7) is 1.79. The van der Waals surface area contributed by atoms with Crippen molar-refractivity contribution in [1.29, 1.82) is 0 Å². The van der Waals surface area contributed by atoms with Crippen molar-refractivity contribution in [3.8, 4) is 0 Å². The molecule has 0 saturated carbocycles. The standard InChI is InChI=1S/C13H14BrFN6/c14-8-4-3-5-9(15)10(8)17-12-18-11(16)19-13(20-12)21-6-1-2-7-21/h3-5H,1-2,6-7H2,(H3,16,17,18,19,20). The molecule has 0 radical (unpaired) electrons. The van der Waals surface area contributed by atoms with E-state index in [2.05, 4.69) is 36.2 Å². The van der Waals surface area contributed by atoms with E-state index in [0.29, 0.717) is 10.4 Å². The van der Waals surface area contributed by atoms with Crippen LogP contribution in [0.25, 0.3) is 0 Å². The van der Waals surface area contributed by atoms with Gasteiger partial charge in [0, 0.05) is 17.6 Å². The van der Waals surface area contributed by atoms with Crippen molar-refractivity contribution < 1.29 is 4.39 Å². The topological polar surface area (TPSA) is 80.0 Å². The van der Waals surface area contributed by atoms with Crippen molar-refractivity contribution >= 4 is 39.5 Å². The Hall–Kier alpha value is -1.96. The number of nitrogens with zero attached hydrogens (tertiary/aromatic N) is 4. The molecule has 0 spiro atoms. The van der Waals surface area contributed by atoms with Gasteiger partial charge in [0.25, 0.3) is 0 Å². The average Bonchev–Trinajstić information content (AvgIpc) is 2.97. The molecule has 21 heavy (non-hydrogen) atoms. The number of para-hydroxylation sites is 1. The first-order valence-corrected chi connectivity index (χ1v) is 7.40. The van der Waals surface area contributed by atoms with Crippen molar-refractivity contribution in [2.45, 2.75) is 12.8 Å². The normalized spacial score (nSPS) is 14.5. The third-order valence-electron chi connectivity index (χ3n) is 3.23. The van der Waals surface area contributed by atoms with E-state index in [1.165, 1.54) is 6.07 Å². The number of nitrogens with one attached hydrogen (secondary N) is 1. The molecule has 0 bridgehead atoms. The lowest BCUT2D eigenvalue weighted by atomic mass is 10.3. The van der Waals surface area contributed by atoms with Crippen LogP contribution in [-0.4, -0.2) is 28.0 Å². The molecule has 3 rings (SSSR count). The second kappa shape index (κ2) is 5.80. The molecule has 2 aromatic rings. The van der Waals surface area contributed by atoms with Crippen LogP contribution in [0.3, 0.4) is 0 Å². The predicted octanol–water partition coefficient (Wildman–Crippen LogP) is 2.70. The number of aromatic nitrogens is 3. The van der Waals surface area contributed by atoms with Crippen molar-refractivity contribution in [3.05, 3.63) is 28.5 Å². The molecule has 0 atom stereocenters. The van der Waals surface area contributed by atoms with E-state index in [-0.39, 0.29) is 17.6 Å². The summed E-state index contributed by atoms with van der Waals surface area (Å²) in [6, 6.07) is 4.71. The summed E-state index contributed by atoms with van der Waals surface area (Å²) >= 11 is 3.29. The zero-order valence-corrected chi connectivity index (χ0v) is 12.8. The highest BCUT2D eigenvalue weighted by Gasteiger charge is 2.17. The number of rotatable bonds is 3. The van der Waals surface area contributed by atoms with E-state index >= 15 is 0 Å². The molecule has 0 aliphatic carbocycles. The lowest BCUT2D eigenvalue weighted by molar-refractivity contribution is 0.631. The number of halogens is 2. The zero-order chi connectivity index (χ0) is 14.8. The van der Waals surface area contributed by atoms with Gasteiger partial charge in [0.2, 0.25) is 17.8 Å². The zero-order valence-electron chi connectivity index (χ0n) is 11.2. The third kappa shape index (κ3) is 3.05. The van der Waals surface area contributed by atoms with Gasteiger partial charge in [-0.1, -0.05) is 6.07 Å². The Labute approximate surface area is 129 Å². The minimum absolute atomic E-state index is 0.113. The van der Waals surface area contributed by atoms with Crippen LogP contribution < -0.4 is 16.0 Å². The quantitative estimate of drug-likeness (QED) is 0.883. The fourth-order valence-electron chi connectivity index (χ4n) is 2.22. The number of hydrogen-bond acceptors (Lipinski definition) is 6. The molecule has 0 unspecified atom stereocenters. The molecular weight excluding hydrogens is 339 g/mol. The average molecular weight is 353 g/mol.